The number of hydrogen-bond donors (Lipinski definition) is 0. The van der Waals surface area contributed by atoms with Crippen LogP contribution >= 0.6 is 0 Å². The van der Waals surface area contributed by atoms with E-state index in [4.69, 9.17) is 18.9 Å². The molecule has 1 saturated heterocycles. The van der Waals surface area contributed by atoms with Crippen LogP contribution in [0.4, 0.5) is 10.5 Å². The van der Waals surface area contributed by atoms with E-state index in [1.807, 2.05) is 65.0 Å². The number of sulfonamides is 1. The second kappa shape index (κ2) is 15.5. The summed E-state index contributed by atoms with van der Waals surface area (Å²) in [4.78, 5) is 29.5. The predicted octanol–water partition coefficient (Wildman–Crippen LogP) is 5.40. The van der Waals surface area contributed by atoms with Gasteiger partial charge in [-0.3, -0.25) is 4.79 Å². The Labute approximate surface area is 316 Å². The first kappa shape index (κ1) is 38.8. The molecule has 54 heavy (non-hydrogen) atoms. The predicted molar refractivity (Wildman–Crippen MR) is 203 cm³/mol. The van der Waals surface area contributed by atoms with Gasteiger partial charge in [0.2, 0.25) is 10.0 Å². The topological polar surface area (TPSA) is 146 Å². The molecule has 2 aliphatic rings. The number of fused-ring (bicyclic) bond motifs is 2. The Morgan fingerprint density at radius 1 is 1.02 bits per heavy atom. The number of rotatable bonds is 9. The van der Waals surface area contributed by atoms with Crippen molar-refractivity contribution in [3.8, 4) is 11.5 Å². The summed E-state index contributed by atoms with van der Waals surface area (Å²) in [6.45, 7) is 13.7. The minimum absolute atomic E-state index is 0.0594. The minimum atomic E-state index is -3.98. The lowest BCUT2D eigenvalue weighted by atomic mass is 9.86. The molecule has 0 aliphatic carbocycles. The van der Waals surface area contributed by atoms with Crippen LogP contribution in [0.2, 0.25) is 0 Å². The van der Waals surface area contributed by atoms with Gasteiger partial charge < -0.3 is 28.7 Å². The van der Waals surface area contributed by atoms with Gasteiger partial charge in [0.1, 0.15) is 39.1 Å². The molecule has 6 rings (SSSR count). The van der Waals surface area contributed by atoms with Crippen molar-refractivity contribution in [3.05, 3.63) is 70.8 Å². The van der Waals surface area contributed by atoms with Crippen LogP contribution in [-0.4, -0.2) is 103 Å². The SMILES string of the molecule is CCOC(=O)CC(c1ccc(C)c(CN2C[C@@H](C)Oc3cc(N4CCN(C(=O)OC(C)(C)C)CC4)ccc3S2(=O)=O)c1)c1cc(OC)c2c(c1)nnn2C. The van der Waals surface area contributed by atoms with Gasteiger partial charge in [0.15, 0.2) is 0 Å². The Balaban J connectivity index is 1.27. The van der Waals surface area contributed by atoms with Crippen molar-refractivity contribution in [1.82, 2.24) is 24.2 Å². The summed E-state index contributed by atoms with van der Waals surface area (Å²) in [6, 6.07) is 14.9. The van der Waals surface area contributed by atoms with Crippen LogP contribution in [0.5, 0.6) is 11.5 Å². The lowest BCUT2D eigenvalue weighted by molar-refractivity contribution is -0.143. The van der Waals surface area contributed by atoms with Crippen molar-refractivity contribution in [2.24, 2.45) is 7.05 Å². The summed E-state index contributed by atoms with van der Waals surface area (Å²) < 4.78 is 54.7. The number of carbonyl (C=O) groups is 2. The van der Waals surface area contributed by atoms with Gasteiger partial charge in [-0.1, -0.05) is 23.4 Å². The Morgan fingerprint density at radius 2 is 1.76 bits per heavy atom. The molecule has 14 nitrogen and oxygen atoms in total. The van der Waals surface area contributed by atoms with Gasteiger partial charge in [-0.2, -0.15) is 4.31 Å². The molecular weight excluding hydrogens is 713 g/mol. The number of carbonyl (C=O) groups excluding carboxylic acids is 2. The number of amides is 1. The number of aryl methyl sites for hydroxylation is 2. The summed E-state index contributed by atoms with van der Waals surface area (Å²) in [7, 11) is -0.614. The van der Waals surface area contributed by atoms with Gasteiger partial charge in [0, 0.05) is 57.4 Å². The van der Waals surface area contributed by atoms with Crippen molar-refractivity contribution in [2.45, 2.75) is 77.0 Å². The molecule has 0 radical (unpaired) electrons. The van der Waals surface area contributed by atoms with E-state index in [1.165, 1.54) is 4.31 Å². The number of ether oxygens (including phenoxy) is 4. The number of aromatic nitrogens is 3. The Bertz CT molecular complexity index is 2140. The van der Waals surface area contributed by atoms with Crippen LogP contribution in [0.25, 0.3) is 11.0 Å². The molecule has 1 amide bonds. The van der Waals surface area contributed by atoms with Crippen LogP contribution < -0.4 is 14.4 Å². The third kappa shape index (κ3) is 8.26. The molecule has 0 bridgehead atoms. The normalized spacial score (nSPS) is 18.0. The van der Waals surface area contributed by atoms with Crippen molar-refractivity contribution in [3.63, 3.8) is 0 Å². The van der Waals surface area contributed by atoms with Gasteiger partial charge in [-0.05, 0) is 88.1 Å². The third-order valence-corrected chi connectivity index (χ3v) is 11.6. The van der Waals surface area contributed by atoms with E-state index in [0.29, 0.717) is 43.2 Å². The molecule has 1 aromatic heterocycles. The zero-order valence-electron chi connectivity index (χ0n) is 32.3. The highest BCUT2D eigenvalue weighted by atomic mass is 32.2. The van der Waals surface area contributed by atoms with Gasteiger partial charge in [0.25, 0.3) is 0 Å². The maximum Gasteiger partial charge on any atom is 0.410 e. The van der Waals surface area contributed by atoms with Gasteiger partial charge >= 0.3 is 12.1 Å². The van der Waals surface area contributed by atoms with Crippen molar-refractivity contribution in [2.75, 3.05) is 51.3 Å². The number of nitrogens with zero attached hydrogens (tertiary/aromatic N) is 6. The molecular formula is C39H50N6O8S. The summed E-state index contributed by atoms with van der Waals surface area (Å²) in [5, 5.41) is 8.45. The van der Waals surface area contributed by atoms with Crippen LogP contribution in [-0.2, 0) is 37.9 Å². The fraction of sp³-hybridized carbons (Fsp3) is 0.487. The smallest absolute Gasteiger partial charge is 0.410 e. The van der Waals surface area contributed by atoms with Gasteiger partial charge in [-0.25, -0.2) is 17.9 Å². The Morgan fingerprint density at radius 3 is 2.44 bits per heavy atom. The van der Waals surface area contributed by atoms with Crippen LogP contribution in [0, 0.1) is 6.92 Å². The maximum absolute atomic E-state index is 14.3. The molecule has 2 atom stereocenters. The lowest BCUT2D eigenvalue weighted by Gasteiger charge is -2.37. The number of anilines is 1. The quantitative estimate of drug-likeness (QED) is 0.202. The highest BCUT2D eigenvalue weighted by Gasteiger charge is 2.35. The zero-order chi connectivity index (χ0) is 38.9. The van der Waals surface area contributed by atoms with Crippen molar-refractivity contribution >= 4 is 38.8 Å². The van der Waals surface area contributed by atoms with E-state index >= 15 is 0 Å². The molecule has 0 spiro atoms. The number of esters is 1. The molecule has 290 valence electrons. The molecule has 0 saturated carbocycles. The summed E-state index contributed by atoms with van der Waals surface area (Å²) in [6.07, 6.45) is -0.720. The highest BCUT2D eigenvalue weighted by Crippen LogP contribution is 2.38. The first-order valence-electron chi connectivity index (χ1n) is 18.2. The molecule has 2 aliphatic heterocycles. The van der Waals surface area contributed by atoms with Crippen molar-refractivity contribution in [1.29, 1.82) is 0 Å². The van der Waals surface area contributed by atoms with Crippen LogP contribution in [0.15, 0.2) is 53.4 Å². The molecule has 0 N–H and O–H groups in total. The second-order valence-electron chi connectivity index (χ2n) is 14.9. The van der Waals surface area contributed by atoms with Crippen LogP contribution in [0.1, 0.15) is 69.2 Å². The zero-order valence-corrected chi connectivity index (χ0v) is 33.1. The van der Waals surface area contributed by atoms with E-state index in [1.54, 1.807) is 48.9 Å². The van der Waals surface area contributed by atoms with Crippen LogP contribution in [0.3, 0.4) is 0 Å². The first-order valence-corrected chi connectivity index (χ1v) is 19.7. The van der Waals surface area contributed by atoms with E-state index in [2.05, 4.69) is 15.2 Å². The Hall–Kier alpha value is -4.89. The number of hydrogen-bond acceptors (Lipinski definition) is 11. The second-order valence-corrected chi connectivity index (χ2v) is 16.8. The molecule has 4 aromatic rings. The van der Waals surface area contributed by atoms with E-state index < -0.39 is 27.6 Å². The molecule has 15 heteroatoms. The van der Waals surface area contributed by atoms with Crippen molar-refractivity contribution < 1.29 is 37.0 Å². The number of methoxy groups -OCH3 is 1. The fourth-order valence-electron chi connectivity index (χ4n) is 7.02. The highest BCUT2D eigenvalue weighted by molar-refractivity contribution is 7.89. The molecule has 1 fully saturated rings. The van der Waals surface area contributed by atoms with E-state index in [-0.39, 0.29) is 43.1 Å². The fourth-order valence-corrected chi connectivity index (χ4v) is 8.61. The standard InChI is InChI=1S/C39H50N6O8S/c1-9-51-36(46)22-31(28-19-32-37(34(20-28)50-8)42(7)41-40-32)27-11-10-25(2)29(18-27)24-45-23-26(3)52-33-21-30(12-13-35(33)54(45,48)49)43-14-16-44(17-15-43)38(47)53-39(4,5)6/h10-13,18-21,26,31H,9,14-17,22-24H2,1-8H3/t26-,31?/m1/s1. The largest absolute Gasteiger partial charge is 0.494 e. The molecule has 3 heterocycles. The maximum atomic E-state index is 14.3. The average molecular weight is 763 g/mol. The molecule has 1 unspecified atom stereocenters. The van der Waals surface area contributed by atoms with Gasteiger partial charge in [0.05, 0.1) is 26.7 Å². The lowest BCUT2D eigenvalue weighted by Crippen LogP contribution is -2.50. The number of piperazine rings is 1. The third-order valence-electron chi connectivity index (χ3n) is 9.74. The minimum Gasteiger partial charge on any atom is -0.494 e. The summed E-state index contributed by atoms with van der Waals surface area (Å²) >= 11 is 0. The summed E-state index contributed by atoms with van der Waals surface area (Å²) in [5.41, 5.74) is 4.93. The monoisotopic (exact) mass is 762 g/mol. The Kier molecular flexibility index (Phi) is 11.1. The first-order chi connectivity index (χ1) is 25.6. The summed E-state index contributed by atoms with van der Waals surface area (Å²) in [5.74, 6) is 0.0813. The van der Waals surface area contributed by atoms with E-state index in [9.17, 15) is 18.0 Å². The van der Waals surface area contributed by atoms with Gasteiger partial charge in [-0.15, -0.1) is 5.10 Å². The number of benzene rings is 3. The average Bonchev–Trinajstić information content (AvgIpc) is 3.46. The van der Waals surface area contributed by atoms with E-state index in [0.717, 1.165) is 33.5 Å². The molecule has 3 aromatic carbocycles.